The minimum atomic E-state index is 0.234. The van der Waals surface area contributed by atoms with Crippen LogP contribution in [0.4, 0.5) is 0 Å². The Morgan fingerprint density at radius 3 is 3.00 bits per heavy atom. The molecule has 0 aromatic rings. The van der Waals surface area contributed by atoms with Gasteiger partial charge < -0.3 is 5.32 Å². The van der Waals surface area contributed by atoms with Crippen molar-refractivity contribution in [1.82, 2.24) is 5.32 Å². The van der Waals surface area contributed by atoms with Gasteiger partial charge in [0.05, 0.1) is 0 Å². The van der Waals surface area contributed by atoms with E-state index in [9.17, 15) is 4.79 Å². The number of hydrogen-bond donors (Lipinski definition) is 1. The lowest BCUT2D eigenvalue weighted by molar-refractivity contribution is -0.123. The molecule has 0 saturated carbocycles. The van der Waals surface area contributed by atoms with Crippen LogP contribution in [0.25, 0.3) is 0 Å². The molecule has 1 rings (SSSR count). The molecule has 1 saturated heterocycles. The highest BCUT2D eigenvalue weighted by atomic mass is 16.1. The lowest BCUT2D eigenvalue weighted by atomic mass is 9.93. The van der Waals surface area contributed by atoms with E-state index >= 15 is 0 Å². The number of carbonyl (C=O) groups excluding carboxylic acids is 1. The van der Waals surface area contributed by atoms with E-state index in [1.165, 1.54) is 0 Å². The van der Waals surface area contributed by atoms with Gasteiger partial charge in [0.15, 0.2) is 0 Å². The molecule has 0 bridgehead atoms. The third kappa shape index (κ3) is 2.86. The van der Waals surface area contributed by atoms with Crippen LogP contribution in [0.3, 0.4) is 0 Å². The zero-order valence-electron chi connectivity index (χ0n) is 8.18. The quantitative estimate of drug-likeness (QED) is 0.521. The first-order chi connectivity index (χ1) is 6.25. The maximum atomic E-state index is 11.6. The zero-order chi connectivity index (χ0) is 9.68. The van der Waals surface area contributed by atoms with Crippen molar-refractivity contribution < 1.29 is 4.79 Å². The molecule has 1 fully saturated rings. The predicted octanol–water partition coefficient (Wildman–Crippen LogP) is 1.36. The van der Waals surface area contributed by atoms with Crippen molar-refractivity contribution >= 4 is 5.78 Å². The highest BCUT2D eigenvalue weighted by Crippen LogP contribution is 2.18. The van der Waals surface area contributed by atoms with Crippen molar-refractivity contribution in [3.05, 3.63) is 0 Å². The van der Waals surface area contributed by atoms with E-state index in [1.54, 1.807) is 0 Å². The molecule has 2 nitrogen and oxygen atoms in total. The van der Waals surface area contributed by atoms with Crippen LogP contribution in [0, 0.1) is 18.3 Å². The highest BCUT2D eigenvalue weighted by molar-refractivity contribution is 5.82. The van der Waals surface area contributed by atoms with Gasteiger partial charge in [0.25, 0.3) is 0 Å². The van der Waals surface area contributed by atoms with E-state index in [1.807, 2.05) is 0 Å². The van der Waals surface area contributed by atoms with E-state index in [2.05, 4.69) is 18.2 Å². The average Bonchev–Trinajstić information content (AvgIpc) is 2.52. The summed E-state index contributed by atoms with van der Waals surface area (Å²) in [5, 5.41) is 3.28. The van der Waals surface area contributed by atoms with Crippen LogP contribution in [0.1, 0.15) is 32.6 Å². The van der Waals surface area contributed by atoms with Crippen LogP contribution in [0.15, 0.2) is 0 Å². The second-order valence-corrected chi connectivity index (χ2v) is 3.66. The van der Waals surface area contributed by atoms with Gasteiger partial charge in [-0.2, -0.15) is 0 Å². The number of nitrogens with one attached hydrogen (secondary N) is 1. The lowest BCUT2D eigenvalue weighted by Crippen LogP contribution is -2.28. The Balaban J connectivity index is 2.27. The first-order valence-corrected chi connectivity index (χ1v) is 4.95. The van der Waals surface area contributed by atoms with Crippen LogP contribution in [0.2, 0.25) is 0 Å². The topological polar surface area (TPSA) is 29.1 Å². The summed E-state index contributed by atoms with van der Waals surface area (Å²) >= 11 is 0. The fourth-order valence-corrected chi connectivity index (χ4v) is 1.85. The largest absolute Gasteiger partial charge is 0.314 e. The molecular weight excluding hydrogens is 162 g/mol. The lowest BCUT2D eigenvalue weighted by Gasteiger charge is -2.12. The molecule has 1 heterocycles. The summed E-state index contributed by atoms with van der Waals surface area (Å²) in [6.45, 7) is 3.06. The second kappa shape index (κ2) is 5.04. The third-order valence-electron chi connectivity index (χ3n) is 2.68. The molecular formula is C11H17NO. The monoisotopic (exact) mass is 179 g/mol. The standard InChI is InChI=1S/C11H17NO/c1-3-4-5-6-11(13)10-7-8-12-9(10)2/h1,9-10,12H,4-8H2,2H3. The van der Waals surface area contributed by atoms with Crippen molar-refractivity contribution in [2.24, 2.45) is 5.92 Å². The Kier molecular flexibility index (Phi) is 3.98. The summed E-state index contributed by atoms with van der Waals surface area (Å²) in [5.41, 5.74) is 0. The van der Waals surface area contributed by atoms with Crippen LogP contribution in [0.5, 0.6) is 0 Å². The summed E-state index contributed by atoms with van der Waals surface area (Å²) in [6, 6.07) is 0.360. The van der Waals surface area contributed by atoms with Crippen molar-refractivity contribution in [2.75, 3.05) is 6.54 Å². The fourth-order valence-electron chi connectivity index (χ4n) is 1.85. The predicted molar refractivity (Wildman–Crippen MR) is 53.3 cm³/mol. The van der Waals surface area contributed by atoms with Crippen LogP contribution in [-0.4, -0.2) is 18.4 Å². The van der Waals surface area contributed by atoms with Gasteiger partial charge >= 0.3 is 0 Å². The van der Waals surface area contributed by atoms with Crippen LogP contribution < -0.4 is 5.32 Å². The number of terminal acetylenes is 1. The summed E-state index contributed by atoms with van der Waals surface area (Å²) < 4.78 is 0. The molecule has 0 aromatic carbocycles. The number of Topliss-reactive ketones (excluding diaryl/α,β-unsaturated/α-hetero) is 1. The van der Waals surface area contributed by atoms with Gasteiger partial charge in [0.2, 0.25) is 0 Å². The van der Waals surface area contributed by atoms with Crippen LogP contribution in [-0.2, 0) is 4.79 Å². The highest BCUT2D eigenvalue weighted by Gasteiger charge is 2.28. The number of ketones is 1. The molecule has 0 aromatic heterocycles. The molecule has 2 unspecified atom stereocenters. The molecule has 13 heavy (non-hydrogen) atoms. The van der Waals surface area contributed by atoms with Gasteiger partial charge in [-0.15, -0.1) is 12.3 Å². The van der Waals surface area contributed by atoms with Gasteiger partial charge in [-0.25, -0.2) is 0 Å². The van der Waals surface area contributed by atoms with E-state index in [0.29, 0.717) is 18.2 Å². The molecule has 0 amide bonds. The summed E-state index contributed by atoms with van der Waals surface area (Å²) in [4.78, 5) is 11.6. The average molecular weight is 179 g/mol. The van der Waals surface area contributed by atoms with Gasteiger partial charge in [-0.3, -0.25) is 4.79 Å². The first kappa shape index (κ1) is 10.3. The maximum Gasteiger partial charge on any atom is 0.137 e. The minimum Gasteiger partial charge on any atom is -0.314 e. The Hall–Kier alpha value is -0.810. The summed E-state index contributed by atoms with van der Waals surface area (Å²) in [7, 11) is 0. The SMILES string of the molecule is C#CCCCC(=O)C1CCNC1C. The van der Waals surface area contributed by atoms with Crippen molar-refractivity contribution in [3.8, 4) is 12.3 Å². The summed E-state index contributed by atoms with van der Waals surface area (Å²) in [6.07, 6.45) is 8.34. The molecule has 0 aliphatic carbocycles. The second-order valence-electron chi connectivity index (χ2n) is 3.66. The Labute approximate surface area is 80.1 Å². The molecule has 1 aliphatic heterocycles. The summed E-state index contributed by atoms with van der Waals surface area (Å²) in [5.74, 6) is 3.17. The molecule has 1 N–H and O–H groups in total. The normalized spacial score (nSPS) is 27.1. The molecule has 0 spiro atoms. The van der Waals surface area contributed by atoms with Crippen LogP contribution >= 0.6 is 0 Å². The third-order valence-corrected chi connectivity index (χ3v) is 2.68. The van der Waals surface area contributed by atoms with Gasteiger partial charge in [-0.1, -0.05) is 0 Å². The molecule has 1 aliphatic rings. The molecule has 72 valence electrons. The Morgan fingerprint density at radius 1 is 1.69 bits per heavy atom. The van der Waals surface area contributed by atoms with E-state index < -0.39 is 0 Å². The fraction of sp³-hybridized carbons (Fsp3) is 0.727. The van der Waals surface area contributed by atoms with E-state index in [4.69, 9.17) is 6.42 Å². The Morgan fingerprint density at radius 2 is 2.46 bits per heavy atom. The molecule has 2 heteroatoms. The number of rotatable bonds is 4. The maximum absolute atomic E-state index is 11.6. The number of carbonyl (C=O) groups is 1. The smallest absolute Gasteiger partial charge is 0.137 e. The van der Waals surface area contributed by atoms with E-state index in [0.717, 1.165) is 25.8 Å². The number of unbranched alkanes of at least 4 members (excludes halogenated alkanes) is 1. The zero-order valence-corrected chi connectivity index (χ0v) is 8.18. The Bertz CT molecular complexity index is 217. The first-order valence-electron chi connectivity index (χ1n) is 4.95. The van der Waals surface area contributed by atoms with Gasteiger partial charge in [-0.05, 0) is 26.3 Å². The molecule has 0 radical (unpaired) electrons. The van der Waals surface area contributed by atoms with Gasteiger partial charge in [0, 0.05) is 24.8 Å². The molecule has 2 atom stereocenters. The van der Waals surface area contributed by atoms with Crippen molar-refractivity contribution in [3.63, 3.8) is 0 Å². The van der Waals surface area contributed by atoms with Crippen molar-refractivity contribution in [1.29, 1.82) is 0 Å². The van der Waals surface area contributed by atoms with E-state index in [-0.39, 0.29) is 5.92 Å². The number of hydrogen-bond acceptors (Lipinski definition) is 2. The minimum absolute atomic E-state index is 0.234. The van der Waals surface area contributed by atoms with Gasteiger partial charge in [0.1, 0.15) is 5.78 Å². The van der Waals surface area contributed by atoms with Crippen molar-refractivity contribution in [2.45, 2.75) is 38.6 Å².